The van der Waals surface area contributed by atoms with E-state index in [9.17, 15) is 19.2 Å². The van der Waals surface area contributed by atoms with Crippen LogP contribution in [0.5, 0.6) is 0 Å². The molecule has 1 aromatic rings. The monoisotopic (exact) mass is 449 g/mol. The molecule has 4 aliphatic carbocycles. The zero-order chi connectivity index (χ0) is 22.9. The molecule has 33 heavy (non-hydrogen) atoms. The molecule has 0 N–H and O–H groups in total. The smallest absolute Gasteiger partial charge is 0.355 e. The van der Waals surface area contributed by atoms with Gasteiger partial charge in [0, 0.05) is 0 Å². The first-order valence-electron chi connectivity index (χ1n) is 11.9. The molecule has 0 aromatic heterocycles. The van der Waals surface area contributed by atoms with Gasteiger partial charge in [-0.3, -0.25) is 14.4 Å². The topological polar surface area (TPSA) is 96.3 Å². The van der Waals surface area contributed by atoms with E-state index in [2.05, 4.69) is 5.10 Å². The Morgan fingerprint density at radius 1 is 1.00 bits per heavy atom. The van der Waals surface area contributed by atoms with Crippen LogP contribution in [0, 0.1) is 29.1 Å². The third-order valence-corrected chi connectivity index (χ3v) is 8.25. The molecule has 6 aliphatic rings. The Morgan fingerprint density at radius 3 is 2.18 bits per heavy atom. The number of esters is 1. The summed E-state index contributed by atoms with van der Waals surface area (Å²) >= 11 is 0. The van der Waals surface area contributed by atoms with E-state index in [0.717, 1.165) is 24.2 Å². The number of ether oxygens (including phenoxy) is 1. The largest absolute Gasteiger partial charge is 0.461 e. The van der Waals surface area contributed by atoms with Crippen LogP contribution in [-0.2, 0) is 23.9 Å². The third-order valence-electron chi connectivity index (χ3n) is 8.25. The van der Waals surface area contributed by atoms with E-state index in [1.807, 2.05) is 0 Å². The first-order valence-corrected chi connectivity index (χ1v) is 11.9. The van der Waals surface area contributed by atoms with Crippen LogP contribution in [0.2, 0.25) is 0 Å². The van der Waals surface area contributed by atoms with Crippen LogP contribution in [0.25, 0.3) is 0 Å². The van der Waals surface area contributed by atoms with Gasteiger partial charge >= 0.3 is 5.97 Å². The number of para-hydroxylation sites is 1. The van der Waals surface area contributed by atoms with E-state index >= 15 is 0 Å². The second-order valence-corrected chi connectivity index (χ2v) is 10.3. The summed E-state index contributed by atoms with van der Waals surface area (Å²) < 4.78 is 5.15. The van der Waals surface area contributed by atoms with Gasteiger partial charge in [-0.1, -0.05) is 18.2 Å². The van der Waals surface area contributed by atoms with Crippen molar-refractivity contribution >= 4 is 35.1 Å². The van der Waals surface area contributed by atoms with Crippen molar-refractivity contribution in [3.05, 3.63) is 30.3 Å². The van der Waals surface area contributed by atoms with Gasteiger partial charge in [-0.25, -0.2) is 14.7 Å². The van der Waals surface area contributed by atoms with Gasteiger partial charge in [0.2, 0.25) is 11.8 Å². The highest BCUT2D eigenvalue weighted by Gasteiger charge is 2.64. The summed E-state index contributed by atoms with van der Waals surface area (Å²) in [6, 6.07) is 7.49. The van der Waals surface area contributed by atoms with Gasteiger partial charge in [-0.05, 0) is 75.3 Å². The Morgan fingerprint density at radius 2 is 1.61 bits per heavy atom. The maximum atomic E-state index is 14.0. The molecule has 4 saturated carbocycles. The van der Waals surface area contributed by atoms with Crippen LogP contribution in [0.4, 0.5) is 5.69 Å². The Bertz CT molecular complexity index is 1050. The van der Waals surface area contributed by atoms with Crippen molar-refractivity contribution in [2.45, 2.75) is 51.5 Å². The molecule has 1 saturated heterocycles. The Hall–Kier alpha value is -3.03. The number of carbonyl (C=O) groups is 4. The molecule has 7 rings (SSSR count). The Labute approximate surface area is 191 Å². The minimum atomic E-state index is -1.13. The van der Waals surface area contributed by atoms with E-state index in [4.69, 9.17) is 4.74 Å². The SMILES string of the molecule is CCOC(=O)C1=NN(C(=O)C23CC4CC(CC(C4)C2)C3)C2C(=O)N(c3ccccc3)C(=O)C12. The number of imide groups is 1. The zero-order valence-electron chi connectivity index (χ0n) is 18.6. The van der Waals surface area contributed by atoms with Crippen LogP contribution in [0.3, 0.4) is 0 Å². The van der Waals surface area contributed by atoms with Crippen molar-refractivity contribution in [3.63, 3.8) is 0 Å². The van der Waals surface area contributed by atoms with Gasteiger partial charge in [-0.15, -0.1) is 0 Å². The molecule has 4 bridgehead atoms. The summed E-state index contributed by atoms with van der Waals surface area (Å²) in [5.74, 6) is -1.52. The minimum absolute atomic E-state index is 0.114. The van der Waals surface area contributed by atoms with Gasteiger partial charge in [0.1, 0.15) is 5.92 Å². The molecule has 0 spiro atoms. The number of fused-ring (bicyclic) bond motifs is 1. The zero-order valence-corrected chi connectivity index (χ0v) is 18.6. The molecule has 1 aromatic carbocycles. The van der Waals surface area contributed by atoms with Crippen LogP contribution in [0.15, 0.2) is 35.4 Å². The normalized spacial score (nSPS) is 36.3. The van der Waals surface area contributed by atoms with Crippen LogP contribution in [-0.4, -0.2) is 47.1 Å². The second kappa shape index (κ2) is 7.23. The van der Waals surface area contributed by atoms with Crippen LogP contribution < -0.4 is 4.90 Å². The number of hydrogen-bond acceptors (Lipinski definition) is 6. The first-order chi connectivity index (χ1) is 15.9. The number of carbonyl (C=O) groups excluding carboxylic acids is 4. The number of hydrogen-bond donors (Lipinski definition) is 0. The van der Waals surface area contributed by atoms with E-state index in [0.29, 0.717) is 23.4 Å². The van der Waals surface area contributed by atoms with Crippen molar-refractivity contribution in [1.82, 2.24) is 5.01 Å². The Balaban J connectivity index is 1.39. The summed E-state index contributed by atoms with van der Waals surface area (Å²) in [7, 11) is 0. The molecule has 172 valence electrons. The fourth-order valence-electron chi connectivity index (χ4n) is 7.40. The molecule has 2 aliphatic heterocycles. The molecule has 2 heterocycles. The predicted molar refractivity (Wildman–Crippen MR) is 118 cm³/mol. The first kappa shape index (κ1) is 20.6. The fourth-order valence-corrected chi connectivity index (χ4v) is 7.40. The number of rotatable bonds is 4. The summed E-state index contributed by atoms with van der Waals surface area (Å²) in [5.41, 5.74) is -0.264. The van der Waals surface area contributed by atoms with Crippen molar-refractivity contribution in [2.75, 3.05) is 11.5 Å². The van der Waals surface area contributed by atoms with Crippen LogP contribution in [0.1, 0.15) is 45.4 Å². The lowest BCUT2D eigenvalue weighted by molar-refractivity contribution is -0.161. The number of hydrazone groups is 1. The van der Waals surface area contributed by atoms with Crippen molar-refractivity contribution in [1.29, 1.82) is 0 Å². The maximum absolute atomic E-state index is 14.0. The van der Waals surface area contributed by atoms with Gasteiger partial charge in [0.25, 0.3) is 5.91 Å². The minimum Gasteiger partial charge on any atom is -0.461 e. The predicted octanol–water partition coefficient (Wildman–Crippen LogP) is 2.52. The summed E-state index contributed by atoms with van der Waals surface area (Å²) in [4.78, 5) is 54.8. The fraction of sp³-hybridized carbons (Fsp3) is 0.560. The number of anilines is 1. The molecule has 0 radical (unpaired) electrons. The molecule has 5 fully saturated rings. The lowest BCUT2D eigenvalue weighted by atomic mass is 9.49. The highest BCUT2D eigenvalue weighted by molar-refractivity contribution is 6.47. The van der Waals surface area contributed by atoms with Crippen molar-refractivity contribution in [2.24, 2.45) is 34.2 Å². The van der Waals surface area contributed by atoms with E-state index in [1.54, 1.807) is 37.3 Å². The average Bonchev–Trinajstić information content (AvgIpc) is 3.30. The van der Waals surface area contributed by atoms with Gasteiger partial charge < -0.3 is 4.74 Å². The van der Waals surface area contributed by atoms with E-state index < -0.39 is 35.2 Å². The van der Waals surface area contributed by atoms with Crippen molar-refractivity contribution in [3.8, 4) is 0 Å². The molecule has 2 atom stereocenters. The third kappa shape index (κ3) is 2.92. The molecular formula is C25H27N3O5. The highest BCUT2D eigenvalue weighted by Crippen LogP contribution is 2.61. The van der Waals surface area contributed by atoms with Gasteiger partial charge in [-0.2, -0.15) is 5.10 Å². The quantitative estimate of drug-likeness (QED) is 0.520. The number of nitrogens with zero attached hydrogens (tertiary/aromatic N) is 3. The summed E-state index contributed by atoms with van der Waals surface area (Å²) in [6.07, 6.45) is 5.95. The highest BCUT2D eigenvalue weighted by atomic mass is 16.5. The van der Waals surface area contributed by atoms with E-state index in [-0.39, 0.29) is 18.2 Å². The lowest BCUT2D eigenvalue weighted by Crippen LogP contribution is -2.56. The molecular weight excluding hydrogens is 422 g/mol. The average molecular weight is 450 g/mol. The summed E-state index contributed by atoms with van der Waals surface area (Å²) in [5, 5.41) is 5.52. The number of benzene rings is 1. The Kier molecular flexibility index (Phi) is 4.51. The van der Waals surface area contributed by atoms with Gasteiger partial charge in [0.05, 0.1) is 17.7 Å². The summed E-state index contributed by atoms with van der Waals surface area (Å²) in [6.45, 7) is 1.78. The standard InChI is InChI=1S/C25H27N3O5/c1-2-33-23(31)19-18-20(22(30)27(21(18)29)17-6-4-3-5-7-17)28(26-19)24(32)25-11-14-8-15(12-25)10-16(9-14)13-25/h3-7,14-16,18,20H,2,8-13H2,1H3. The molecule has 8 nitrogen and oxygen atoms in total. The lowest BCUT2D eigenvalue weighted by Gasteiger charge is -2.56. The maximum Gasteiger partial charge on any atom is 0.355 e. The molecule has 8 heteroatoms. The molecule has 2 unspecified atom stereocenters. The molecule has 3 amide bonds. The van der Waals surface area contributed by atoms with E-state index in [1.165, 1.54) is 24.3 Å². The van der Waals surface area contributed by atoms with Gasteiger partial charge in [0.15, 0.2) is 11.8 Å². The second-order valence-electron chi connectivity index (χ2n) is 10.3. The van der Waals surface area contributed by atoms with Crippen LogP contribution >= 0.6 is 0 Å². The van der Waals surface area contributed by atoms with Crippen molar-refractivity contribution < 1.29 is 23.9 Å². The number of amides is 3.